The molecule has 19 heteroatoms. The number of hydrogen-bond donors (Lipinski definition) is 12. The first-order valence-electron chi connectivity index (χ1n) is 36.9. The highest BCUT2D eigenvalue weighted by Crippen LogP contribution is 2.33. The minimum atomic E-state index is -1.97. The highest BCUT2D eigenvalue weighted by molar-refractivity contribution is 5.76. The second-order valence-corrected chi connectivity index (χ2v) is 26.8. The SMILES string of the molecule is CCCCCCC/C=C\CCCCCCCC(=O)NC(COC1OC(CO)C(OC2OC(CO)C(OC3OC(CO)C(O)C(O)C3O)C(O)C2O)C(O)C1O)C(O)CCCCCCCCCCCCCCCCCCCCCCCCCCCCCCCCC. The predicted octanol–water partition coefficient (Wildman–Crippen LogP) is 10.4. The molecular weight excluding hydrogens is 1150 g/mol. The zero-order chi connectivity index (χ0) is 65.4. The van der Waals surface area contributed by atoms with Gasteiger partial charge in [0.15, 0.2) is 18.9 Å². The maximum absolute atomic E-state index is 13.4. The molecule has 17 atom stereocenters. The molecule has 0 aromatic carbocycles. The standard InChI is InChI=1S/C71H135NO18/c1-3-5-7-9-11-13-15-17-19-20-21-22-23-24-25-26-27-28-29-30-31-32-33-34-35-36-38-40-42-44-46-48-55(76)54(72-59(77)49-47-45-43-41-39-37-18-16-14-12-10-8-6-4-2)53-85-69-65(83)62(80)67(57(51-74)87-69)90-71-66(84)63(81)68(58(52-75)88-71)89-70-64(82)61(79)60(78)56(50-73)86-70/h16,18,54-58,60-71,73-76,78-84H,3-15,17,19-53H2,1-2H3,(H,72,77)/b18-16-. The molecular formula is C71H135NO18. The van der Waals surface area contributed by atoms with Gasteiger partial charge in [-0.15, -0.1) is 0 Å². The Morgan fingerprint density at radius 2 is 0.700 bits per heavy atom. The van der Waals surface area contributed by atoms with Gasteiger partial charge in [0.2, 0.25) is 5.91 Å². The summed E-state index contributed by atoms with van der Waals surface area (Å²) in [4.78, 5) is 13.4. The van der Waals surface area contributed by atoms with E-state index in [9.17, 15) is 61.0 Å². The quantitative estimate of drug-likeness (QED) is 0.0199. The summed E-state index contributed by atoms with van der Waals surface area (Å²) in [7, 11) is 0. The van der Waals surface area contributed by atoms with Crippen LogP contribution in [0, 0.1) is 0 Å². The topological polar surface area (TPSA) is 307 Å². The van der Waals surface area contributed by atoms with Gasteiger partial charge in [-0.05, 0) is 38.5 Å². The molecule has 17 unspecified atom stereocenters. The normalized spacial score (nSPS) is 28.0. The van der Waals surface area contributed by atoms with Crippen molar-refractivity contribution in [1.29, 1.82) is 0 Å². The van der Waals surface area contributed by atoms with Crippen LogP contribution in [-0.4, -0.2) is 193 Å². The Morgan fingerprint density at radius 1 is 0.389 bits per heavy atom. The lowest BCUT2D eigenvalue weighted by Crippen LogP contribution is -2.66. The van der Waals surface area contributed by atoms with E-state index in [0.29, 0.717) is 12.8 Å². The van der Waals surface area contributed by atoms with Gasteiger partial charge in [0, 0.05) is 6.42 Å². The lowest BCUT2D eigenvalue weighted by molar-refractivity contribution is -0.379. The largest absolute Gasteiger partial charge is 0.394 e. The van der Waals surface area contributed by atoms with Gasteiger partial charge in [-0.2, -0.15) is 0 Å². The van der Waals surface area contributed by atoms with Crippen molar-refractivity contribution in [2.75, 3.05) is 26.4 Å². The van der Waals surface area contributed by atoms with E-state index in [0.717, 1.165) is 64.2 Å². The molecule has 3 saturated heterocycles. The molecule has 12 N–H and O–H groups in total. The van der Waals surface area contributed by atoms with Gasteiger partial charge in [-0.3, -0.25) is 4.79 Å². The Bertz CT molecular complexity index is 1680. The number of allylic oxidation sites excluding steroid dienone is 2. The number of aliphatic hydroxyl groups excluding tert-OH is 11. The van der Waals surface area contributed by atoms with Gasteiger partial charge in [0.05, 0.1) is 38.6 Å². The van der Waals surface area contributed by atoms with Gasteiger partial charge in [0.1, 0.15) is 73.2 Å². The molecule has 0 aliphatic carbocycles. The summed E-state index contributed by atoms with van der Waals surface area (Å²) >= 11 is 0. The average Bonchev–Trinajstić information content (AvgIpc) is 0.866. The van der Waals surface area contributed by atoms with Crippen LogP contribution >= 0.6 is 0 Å². The number of aliphatic hydroxyl groups is 11. The van der Waals surface area contributed by atoms with E-state index in [1.807, 2.05) is 0 Å². The first-order chi connectivity index (χ1) is 43.8. The van der Waals surface area contributed by atoms with Gasteiger partial charge in [0.25, 0.3) is 0 Å². The number of rotatable bonds is 58. The van der Waals surface area contributed by atoms with Crippen LogP contribution in [0.25, 0.3) is 0 Å². The van der Waals surface area contributed by atoms with Crippen LogP contribution in [-0.2, 0) is 33.2 Å². The average molecular weight is 1290 g/mol. The molecule has 0 aromatic rings. The molecule has 3 heterocycles. The summed E-state index contributed by atoms with van der Waals surface area (Å²) in [6, 6.07) is -0.889. The van der Waals surface area contributed by atoms with Crippen LogP contribution in [0.4, 0.5) is 0 Å². The lowest BCUT2D eigenvalue weighted by atomic mass is 9.96. The summed E-state index contributed by atoms with van der Waals surface area (Å²) in [5.41, 5.74) is 0. The third kappa shape index (κ3) is 35.0. The van der Waals surface area contributed by atoms with Gasteiger partial charge in [-0.25, -0.2) is 0 Å². The van der Waals surface area contributed by atoms with E-state index >= 15 is 0 Å². The zero-order valence-electron chi connectivity index (χ0n) is 56.4. The molecule has 19 nitrogen and oxygen atoms in total. The Balaban J connectivity index is 1.36. The Hall–Kier alpha value is -1.47. The molecule has 3 fully saturated rings. The second-order valence-electron chi connectivity index (χ2n) is 26.8. The highest BCUT2D eigenvalue weighted by atomic mass is 16.8. The van der Waals surface area contributed by atoms with Crippen LogP contribution in [0.2, 0.25) is 0 Å². The number of ether oxygens (including phenoxy) is 6. The number of nitrogens with one attached hydrogen (secondary N) is 1. The third-order valence-corrected chi connectivity index (χ3v) is 18.8. The van der Waals surface area contributed by atoms with Gasteiger partial charge in [-0.1, -0.05) is 270 Å². The summed E-state index contributed by atoms with van der Waals surface area (Å²) in [5.74, 6) is -0.248. The maximum atomic E-state index is 13.4. The number of unbranched alkanes of at least 4 members (excludes halogenated alkanes) is 40. The number of carbonyl (C=O) groups is 1. The van der Waals surface area contributed by atoms with Crippen molar-refractivity contribution in [3.63, 3.8) is 0 Å². The zero-order valence-corrected chi connectivity index (χ0v) is 56.4. The number of hydrogen-bond acceptors (Lipinski definition) is 18. The molecule has 3 aliphatic rings. The lowest BCUT2D eigenvalue weighted by Gasteiger charge is -2.48. The van der Waals surface area contributed by atoms with Crippen molar-refractivity contribution in [2.45, 2.75) is 407 Å². The fourth-order valence-corrected chi connectivity index (χ4v) is 12.8. The van der Waals surface area contributed by atoms with Crippen LogP contribution < -0.4 is 5.32 Å². The first kappa shape index (κ1) is 82.8. The minimum absolute atomic E-state index is 0.248. The monoisotopic (exact) mass is 1290 g/mol. The number of amides is 1. The molecule has 1 amide bonds. The Labute approximate surface area is 544 Å². The van der Waals surface area contributed by atoms with Crippen molar-refractivity contribution >= 4 is 5.91 Å². The van der Waals surface area contributed by atoms with Crippen LogP contribution in [0.3, 0.4) is 0 Å². The summed E-state index contributed by atoms with van der Waals surface area (Å²) < 4.78 is 34.4. The van der Waals surface area contributed by atoms with Gasteiger partial charge >= 0.3 is 0 Å². The number of carbonyl (C=O) groups excluding carboxylic acids is 1. The minimum Gasteiger partial charge on any atom is -0.394 e. The molecule has 532 valence electrons. The second kappa shape index (κ2) is 53.6. The third-order valence-electron chi connectivity index (χ3n) is 18.8. The fraction of sp³-hybridized carbons (Fsp3) is 0.958. The maximum Gasteiger partial charge on any atom is 0.220 e. The van der Waals surface area contributed by atoms with Crippen LogP contribution in [0.15, 0.2) is 12.2 Å². The predicted molar refractivity (Wildman–Crippen MR) is 351 cm³/mol. The van der Waals surface area contributed by atoms with Crippen molar-refractivity contribution in [1.82, 2.24) is 5.32 Å². The van der Waals surface area contributed by atoms with Crippen molar-refractivity contribution < 1.29 is 89.4 Å². The molecule has 0 bridgehead atoms. The first-order valence-corrected chi connectivity index (χ1v) is 36.9. The summed E-state index contributed by atoms with van der Waals surface area (Å²) in [5, 5.41) is 121. The van der Waals surface area contributed by atoms with Crippen molar-refractivity contribution in [2.24, 2.45) is 0 Å². The van der Waals surface area contributed by atoms with E-state index in [4.69, 9.17) is 28.4 Å². The fourth-order valence-electron chi connectivity index (χ4n) is 12.8. The molecule has 0 spiro atoms. The highest BCUT2D eigenvalue weighted by Gasteiger charge is 2.53. The Morgan fingerprint density at radius 3 is 1.08 bits per heavy atom. The molecule has 90 heavy (non-hydrogen) atoms. The van der Waals surface area contributed by atoms with E-state index in [1.165, 1.54) is 205 Å². The van der Waals surface area contributed by atoms with E-state index in [-0.39, 0.29) is 18.9 Å². The van der Waals surface area contributed by atoms with Crippen LogP contribution in [0.1, 0.15) is 303 Å². The molecule has 0 saturated carbocycles. The van der Waals surface area contributed by atoms with Gasteiger partial charge < -0.3 is 89.9 Å². The molecule has 3 rings (SSSR count). The van der Waals surface area contributed by atoms with Crippen molar-refractivity contribution in [3.05, 3.63) is 12.2 Å². The van der Waals surface area contributed by atoms with Crippen molar-refractivity contribution in [3.8, 4) is 0 Å². The van der Waals surface area contributed by atoms with E-state index in [2.05, 4.69) is 31.3 Å². The van der Waals surface area contributed by atoms with E-state index in [1.54, 1.807) is 0 Å². The molecule has 3 aliphatic heterocycles. The summed E-state index contributed by atoms with van der Waals surface area (Å²) in [6.07, 6.45) is 33.1. The van der Waals surface area contributed by atoms with E-state index < -0.39 is 124 Å². The Kier molecular flexibility index (Phi) is 49.3. The van der Waals surface area contributed by atoms with Crippen LogP contribution in [0.5, 0.6) is 0 Å². The molecule has 0 radical (unpaired) electrons. The summed E-state index contributed by atoms with van der Waals surface area (Å²) in [6.45, 7) is 1.82. The smallest absolute Gasteiger partial charge is 0.220 e. The molecule has 0 aromatic heterocycles.